The van der Waals surface area contributed by atoms with Crippen LogP contribution in [0, 0.1) is 18.3 Å². The van der Waals surface area contributed by atoms with Crippen LogP contribution in [0.15, 0.2) is 65.2 Å². The van der Waals surface area contributed by atoms with Crippen LogP contribution >= 0.6 is 0 Å². The molecule has 2 aromatic carbocycles. The number of para-hydroxylation sites is 2. The van der Waals surface area contributed by atoms with Crippen molar-refractivity contribution in [1.82, 2.24) is 9.21 Å². The fourth-order valence-corrected chi connectivity index (χ4v) is 4.44. The maximum absolute atomic E-state index is 12.8. The van der Waals surface area contributed by atoms with Crippen molar-refractivity contribution in [3.63, 3.8) is 0 Å². The van der Waals surface area contributed by atoms with Gasteiger partial charge in [0.05, 0.1) is 10.6 Å². The fraction of sp³-hybridized carbons (Fsp3) is 0.238. The zero-order valence-corrected chi connectivity index (χ0v) is 17.3. The van der Waals surface area contributed by atoms with Crippen LogP contribution in [-0.4, -0.2) is 54.8 Å². The van der Waals surface area contributed by atoms with E-state index in [9.17, 15) is 23.6 Å². The molecular formula is C21H22N4O4S. The summed E-state index contributed by atoms with van der Waals surface area (Å²) in [5.41, 5.74) is 1.06. The minimum Gasteiger partial charge on any atom is -0.506 e. The Morgan fingerprint density at radius 2 is 1.73 bits per heavy atom. The average Bonchev–Trinajstić information content (AvgIpc) is 2.74. The number of hydrogen-bond donors (Lipinski definition) is 2. The highest BCUT2D eigenvalue weighted by Gasteiger charge is 2.28. The number of benzene rings is 2. The van der Waals surface area contributed by atoms with Gasteiger partial charge in [0.25, 0.3) is 5.91 Å². The standard InChI is InChI=1S/C21H22N4O4S/c1-16-6-8-18(9-7-16)30(28,29)25-12-10-24(11-13-25)15-17(14-22)21(27)23-19-4-2-3-5-20(19)26/h2-9,15,26H,10-13H2,1H3,(H,23,27)/b17-15-. The van der Waals surface area contributed by atoms with Crippen LogP contribution in [0.3, 0.4) is 0 Å². The van der Waals surface area contributed by atoms with Gasteiger partial charge in [-0.2, -0.15) is 9.57 Å². The lowest BCUT2D eigenvalue weighted by atomic mass is 10.2. The molecule has 1 aliphatic heterocycles. The molecule has 1 heterocycles. The SMILES string of the molecule is Cc1ccc(S(=O)(=O)N2CCN(/C=C(/C#N)C(=O)Nc3ccccc3O)CC2)cc1. The lowest BCUT2D eigenvalue weighted by Crippen LogP contribution is -2.46. The smallest absolute Gasteiger partial charge is 0.267 e. The lowest BCUT2D eigenvalue weighted by molar-refractivity contribution is -0.112. The van der Waals surface area contributed by atoms with E-state index in [1.165, 1.54) is 22.6 Å². The third-order valence-electron chi connectivity index (χ3n) is 4.76. The van der Waals surface area contributed by atoms with Gasteiger partial charge in [0.15, 0.2) is 0 Å². The second kappa shape index (κ2) is 8.98. The molecular weight excluding hydrogens is 404 g/mol. The van der Waals surface area contributed by atoms with Gasteiger partial charge in [-0.05, 0) is 31.2 Å². The van der Waals surface area contributed by atoms with E-state index in [2.05, 4.69) is 5.32 Å². The number of aromatic hydroxyl groups is 1. The molecule has 30 heavy (non-hydrogen) atoms. The summed E-state index contributed by atoms with van der Waals surface area (Å²) in [7, 11) is -3.58. The molecule has 0 aliphatic carbocycles. The Morgan fingerprint density at radius 3 is 2.33 bits per heavy atom. The second-order valence-electron chi connectivity index (χ2n) is 6.88. The van der Waals surface area contributed by atoms with Crippen LogP contribution in [0.2, 0.25) is 0 Å². The number of carbonyl (C=O) groups is 1. The molecule has 0 radical (unpaired) electrons. The molecule has 0 spiro atoms. The first-order chi connectivity index (χ1) is 14.3. The third-order valence-corrected chi connectivity index (χ3v) is 6.67. The van der Waals surface area contributed by atoms with E-state index in [1.54, 1.807) is 41.3 Å². The molecule has 156 valence electrons. The van der Waals surface area contributed by atoms with Gasteiger partial charge >= 0.3 is 0 Å². The predicted molar refractivity (Wildman–Crippen MR) is 112 cm³/mol. The van der Waals surface area contributed by atoms with E-state index in [-0.39, 0.29) is 35.0 Å². The summed E-state index contributed by atoms with van der Waals surface area (Å²) in [4.78, 5) is 14.3. The molecule has 0 saturated carbocycles. The number of hydrogen-bond acceptors (Lipinski definition) is 6. The molecule has 0 unspecified atom stereocenters. The molecule has 1 aliphatic rings. The molecule has 8 nitrogen and oxygen atoms in total. The number of piperazine rings is 1. The predicted octanol–water partition coefficient (Wildman–Crippen LogP) is 2.05. The molecule has 1 amide bonds. The second-order valence-corrected chi connectivity index (χ2v) is 8.82. The molecule has 2 aromatic rings. The van der Waals surface area contributed by atoms with Crippen molar-refractivity contribution in [2.75, 3.05) is 31.5 Å². The number of phenolic OH excluding ortho intramolecular Hbond substituents is 1. The molecule has 9 heteroatoms. The highest BCUT2D eigenvalue weighted by atomic mass is 32.2. The number of nitriles is 1. The van der Waals surface area contributed by atoms with Crippen LogP contribution < -0.4 is 5.32 Å². The number of sulfonamides is 1. The third kappa shape index (κ3) is 4.79. The van der Waals surface area contributed by atoms with Gasteiger partial charge in [0, 0.05) is 32.4 Å². The van der Waals surface area contributed by atoms with Gasteiger partial charge in [-0.25, -0.2) is 8.42 Å². The summed E-state index contributed by atoms with van der Waals surface area (Å²) in [6.45, 7) is 3.07. The number of aryl methyl sites for hydroxylation is 1. The van der Waals surface area contributed by atoms with Gasteiger partial charge in [-0.3, -0.25) is 4.79 Å². The Kier molecular flexibility index (Phi) is 6.40. The normalized spacial score (nSPS) is 15.5. The summed E-state index contributed by atoms with van der Waals surface area (Å²) in [5.74, 6) is -0.744. The largest absolute Gasteiger partial charge is 0.506 e. The summed E-state index contributed by atoms with van der Waals surface area (Å²) in [6, 6.07) is 14.8. The van der Waals surface area contributed by atoms with Crippen molar-refractivity contribution >= 4 is 21.6 Å². The van der Waals surface area contributed by atoms with Crippen LogP contribution in [0.5, 0.6) is 5.75 Å². The summed E-state index contributed by atoms with van der Waals surface area (Å²) in [6.07, 6.45) is 1.42. The van der Waals surface area contributed by atoms with Crippen molar-refractivity contribution in [3.05, 3.63) is 65.9 Å². The first kappa shape index (κ1) is 21.4. The van der Waals surface area contributed by atoms with E-state index in [0.29, 0.717) is 13.1 Å². The van der Waals surface area contributed by atoms with Crippen molar-refractivity contribution < 1.29 is 18.3 Å². The van der Waals surface area contributed by atoms with E-state index in [0.717, 1.165) is 5.56 Å². The number of rotatable bonds is 5. The molecule has 0 atom stereocenters. The molecule has 0 aromatic heterocycles. The number of carbonyl (C=O) groups excluding carboxylic acids is 1. The Labute approximate surface area is 175 Å². The highest BCUT2D eigenvalue weighted by Crippen LogP contribution is 2.22. The van der Waals surface area contributed by atoms with Crippen LogP contribution in [0.25, 0.3) is 0 Å². The Bertz CT molecular complexity index is 1100. The molecule has 1 fully saturated rings. The van der Waals surface area contributed by atoms with Gasteiger partial charge < -0.3 is 15.3 Å². The summed E-state index contributed by atoms with van der Waals surface area (Å²) < 4.78 is 27.0. The van der Waals surface area contributed by atoms with E-state index >= 15 is 0 Å². The molecule has 0 bridgehead atoms. The summed E-state index contributed by atoms with van der Waals surface area (Å²) in [5, 5.41) is 21.6. The number of anilines is 1. The average molecular weight is 426 g/mol. The van der Waals surface area contributed by atoms with E-state index in [4.69, 9.17) is 0 Å². The monoisotopic (exact) mass is 426 g/mol. The fourth-order valence-electron chi connectivity index (χ4n) is 3.02. The molecule has 3 rings (SSSR count). The van der Waals surface area contributed by atoms with Crippen molar-refractivity contribution in [3.8, 4) is 11.8 Å². The Balaban J connectivity index is 1.65. The van der Waals surface area contributed by atoms with Crippen LogP contribution in [-0.2, 0) is 14.8 Å². The Hall–Kier alpha value is -3.35. The van der Waals surface area contributed by atoms with Crippen LogP contribution in [0.1, 0.15) is 5.56 Å². The zero-order chi connectivity index (χ0) is 21.7. The minimum absolute atomic E-state index is 0.0990. The van der Waals surface area contributed by atoms with Crippen LogP contribution in [0.4, 0.5) is 5.69 Å². The minimum atomic E-state index is -3.58. The lowest BCUT2D eigenvalue weighted by Gasteiger charge is -2.33. The van der Waals surface area contributed by atoms with Crippen molar-refractivity contribution in [1.29, 1.82) is 5.26 Å². The quantitative estimate of drug-likeness (QED) is 0.430. The number of amides is 1. The number of phenols is 1. The van der Waals surface area contributed by atoms with Gasteiger partial charge in [-0.15, -0.1) is 0 Å². The first-order valence-corrected chi connectivity index (χ1v) is 10.8. The highest BCUT2D eigenvalue weighted by molar-refractivity contribution is 7.89. The van der Waals surface area contributed by atoms with E-state index < -0.39 is 15.9 Å². The first-order valence-electron chi connectivity index (χ1n) is 9.33. The maximum atomic E-state index is 12.8. The maximum Gasteiger partial charge on any atom is 0.267 e. The van der Waals surface area contributed by atoms with Gasteiger partial charge in [-0.1, -0.05) is 29.8 Å². The zero-order valence-electron chi connectivity index (χ0n) is 16.4. The van der Waals surface area contributed by atoms with E-state index in [1.807, 2.05) is 13.0 Å². The van der Waals surface area contributed by atoms with Gasteiger partial charge in [0.2, 0.25) is 10.0 Å². The summed E-state index contributed by atoms with van der Waals surface area (Å²) >= 11 is 0. The van der Waals surface area contributed by atoms with Crippen molar-refractivity contribution in [2.45, 2.75) is 11.8 Å². The van der Waals surface area contributed by atoms with Gasteiger partial charge in [0.1, 0.15) is 17.4 Å². The molecule has 1 saturated heterocycles. The number of nitrogens with one attached hydrogen (secondary N) is 1. The number of nitrogens with zero attached hydrogens (tertiary/aromatic N) is 3. The van der Waals surface area contributed by atoms with Crippen molar-refractivity contribution in [2.24, 2.45) is 0 Å². The topological polar surface area (TPSA) is 114 Å². The molecule has 2 N–H and O–H groups in total. The Morgan fingerprint density at radius 1 is 1.10 bits per heavy atom.